The van der Waals surface area contributed by atoms with Crippen molar-refractivity contribution in [2.45, 2.75) is 17.9 Å². The highest BCUT2D eigenvalue weighted by Crippen LogP contribution is 2.20. The minimum atomic E-state index is -0.245. The second kappa shape index (κ2) is 7.84. The van der Waals surface area contributed by atoms with Gasteiger partial charge in [0.2, 0.25) is 0 Å². The molecule has 0 aliphatic heterocycles. The molecule has 2 N–H and O–H groups in total. The van der Waals surface area contributed by atoms with Gasteiger partial charge in [-0.25, -0.2) is 9.18 Å². The Kier molecular flexibility index (Phi) is 5.83. The number of aromatic nitrogens is 2. The monoisotopic (exact) mass is 322 g/mol. The molecule has 1 aromatic carbocycles. The lowest BCUT2D eigenvalue weighted by Gasteiger charge is -2.13. The molecule has 0 saturated heterocycles. The Morgan fingerprint density at radius 3 is 2.91 bits per heavy atom. The van der Waals surface area contributed by atoms with Crippen LogP contribution < -0.4 is 10.6 Å². The van der Waals surface area contributed by atoms with E-state index in [0.717, 1.165) is 5.56 Å². The molecule has 2 rings (SSSR count). The van der Waals surface area contributed by atoms with Gasteiger partial charge in [-0.1, -0.05) is 12.1 Å². The summed E-state index contributed by atoms with van der Waals surface area (Å²) in [5, 5.41) is 9.66. The first kappa shape index (κ1) is 16.4. The van der Waals surface area contributed by atoms with Crippen LogP contribution in [0.15, 0.2) is 41.6 Å². The molecule has 5 nitrogen and oxygen atoms in total. The first-order valence-electron chi connectivity index (χ1n) is 6.96. The Hall–Kier alpha value is -2.02. The summed E-state index contributed by atoms with van der Waals surface area (Å²) in [6.45, 7) is 2.36. The van der Waals surface area contributed by atoms with Crippen LogP contribution >= 0.6 is 11.8 Å². The van der Waals surface area contributed by atoms with Crippen LogP contribution in [0.4, 0.5) is 9.18 Å². The number of nitrogens with zero attached hydrogens (tertiary/aromatic N) is 2. The molecular formula is C15H19FN4OS. The van der Waals surface area contributed by atoms with Crippen molar-refractivity contribution in [2.75, 3.05) is 12.3 Å². The Morgan fingerprint density at radius 1 is 1.45 bits per heavy atom. The number of amides is 2. The summed E-state index contributed by atoms with van der Waals surface area (Å²) in [6, 6.07) is 6.24. The summed E-state index contributed by atoms with van der Waals surface area (Å²) in [7, 11) is 1.83. The van der Waals surface area contributed by atoms with Crippen molar-refractivity contribution < 1.29 is 9.18 Å². The van der Waals surface area contributed by atoms with Crippen LogP contribution in [0, 0.1) is 5.82 Å². The van der Waals surface area contributed by atoms with E-state index in [1.165, 1.54) is 17.8 Å². The molecule has 7 heteroatoms. The fraction of sp³-hybridized carbons (Fsp3) is 0.333. The fourth-order valence-electron chi connectivity index (χ4n) is 1.88. The predicted molar refractivity (Wildman–Crippen MR) is 85.3 cm³/mol. The number of carbonyl (C=O) groups is 1. The Bertz CT molecular complexity index is 632. The molecule has 2 aromatic rings. The smallest absolute Gasteiger partial charge is 0.315 e. The summed E-state index contributed by atoms with van der Waals surface area (Å²) in [4.78, 5) is 12.4. The second-order valence-corrected chi connectivity index (χ2v) is 5.98. The van der Waals surface area contributed by atoms with Gasteiger partial charge >= 0.3 is 6.03 Å². The molecule has 2 amide bonds. The Labute approximate surface area is 133 Å². The van der Waals surface area contributed by atoms with Gasteiger partial charge in [0.05, 0.1) is 12.2 Å². The number of carbonyl (C=O) groups excluding carboxylic acids is 1. The maximum atomic E-state index is 13.4. The second-order valence-electron chi connectivity index (χ2n) is 4.85. The highest BCUT2D eigenvalue weighted by molar-refractivity contribution is 7.99. The van der Waals surface area contributed by atoms with Crippen LogP contribution in [-0.2, 0) is 7.05 Å². The van der Waals surface area contributed by atoms with Crippen LogP contribution in [0.25, 0.3) is 0 Å². The molecule has 1 heterocycles. The highest BCUT2D eigenvalue weighted by Gasteiger charge is 2.10. The zero-order chi connectivity index (χ0) is 15.9. The van der Waals surface area contributed by atoms with Gasteiger partial charge in [-0.3, -0.25) is 4.68 Å². The molecule has 0 spiro atoms. The number of rotatable bonds is 6. The van der Waals surface area contributed by atoms with Gasteiger partial charge in [0, 0.05) is 36.0 Å². The van der Waals surface area contributed by atoms with E-state index in [2.05, 4.69) is 15.7 Å². The molecule has 0 radical (unpaired) electrons. The van der Waals surface area contributed by atoms with Crippen LogP contribution in [0.3, 0.4) is 0 Å². The van der Waals surface area contributed by atoms with Crippen LogP contribution in [-0.4, -0.2) is 28.1 Å². The molecule has 118 valence electrons. The van der Waals surface area contributed by atoms with Crippen LogP contribution in [0.2, 0.25) is 0 Å². The lowest BCUT2D eigenvalue weighted by atomic mass is 10.2. The van der Waals surface area contributed by atoms with Gasteiger partial charge in [0.15, 0.2) is 0 Å². The van der Waals surface area contributed by atoms with Crippen molar-refractivity contribution in [3.8, 4) is 0 Å². The van der Waals surface area contributed by atoms with Crippen LogP contribution in [0.5, 0.6) is 0 Å². The molecule has 1 atom stereocenters. The van der Waals surface area contributed by atoms with Crippen molar-refractivity contribution in [1.82, 2.24) is 20.4 Å². The molecule has 1 aromatic heterocycles. The van der Waals surface area contributed by atoms with Crippen LogP contribution in [0.1, 0.15) is 18.5 Å². The zero-order valence-electron chi connectivity index (χ0n) is 12.5. The third kappa shape index (κ3) is 4.77. The molecule has 0 saturated carbocycles. The quantitative estimate of drug-likeness (QED) is 0.635. The number of thioether (sulfide) groups is 1. The number of hydrogen-bond acceptors (Lipinski definition) is 3. The van der Waals surface area contributed by atoms with Crippen molar-refractivity contribution >= 4 is 17.8 Å². The number of benzene rings is 1. The molecule has 0 fully saturated rings. The maximum Gasteiger partial charge on any atom is 0.315 e. The van der Waals surface area contributed by atoms with E-state index in [1.54, 1.807) is 29.1 Å². The van der Waals surface area contributed by atoms with E-state index in [9.17, 15) is 9.18 Å². The topological polar surface area (TPSA) is 59.0 Å². The van der Waals surface area contributed by atoms with Gasteiger partial charge < -0.3 is 10.6 Å². The number of nitrogens with one attached hydrogen (secondary N) is 2. The van der Waals surface area contributed by atoms with Gasteiger partial charge in [-0.2, -0.15) is 5.10 Å². The van der Waals surface area contributed by atoms with Crippen molar-refractivity contribution in [1.29, 1.82) is 0 Å². The molecule has 1 unspecified atom stereocenters. The van der Waals surface area contributed by atoms with E-state index < -0.39 is 0 Å². The average Bonchev–Trinajstić information content (AvgIpc) is 2.92. The van der Waals surface area contributed by atoms with Gasteiger partial charge in [-0.15, -0.1) is 11.8 Å². The minimum absolute atomic E-state index is 0.118. The molecule has 0 aliphatic carbocycles. The molecule has 22 heavy (non-hydrogen) atoms. The SMILES string of the molecule is CC(NC(=O)NCCSc1ccccc1F)c1cnn(C)c1. The third-order valence-corrected chi connectivity index (χ3v) is 4.10. The summed E-state index contributed by atoms with van der Waals surface area (Å²) in [6.07, 6.45) is 3.58. The first-order chi connectivity index (χ1) is 10.6. The van der Waals surface area contributed by atoms with E-state index in [-0.39, 0.29) is 17.9 Å². The van der Waals surface area contributed by atoms with Gasteiger partial charge in [-0.05, 0) is 19.1 Å². The van der Waals surface area contributed by atoms with Gasteiger partial charge in [0.25, 0.3) is 0 Å². The average molecular weight is 322 g/mol. The van der Waals surface area contributed by atoms with Crippen molar-refractivity contribution in [3.63, 3.8) is 0 Å². The highest BCUT2D eigenvalue weighted by atomic mass is 32.2. The molecule has 0 bridgehead atoms. The zero-order valence-corrected chi connectivity index (χ0v) is 13.4. The first-order valence-corrected chi connectivity index (χ1v) is 7.95. The number of hydrogen-bond donors (Lipinski definition) is 2. The largest absolute Gasteiger partial charge is 0.337 e. The van der Waals surface area contributed by atoms with E-state index >= 15 is 0 Å². The fourth-order valence-corrected chi connectivity index (χ4v) is 2.69. The third-order valence-electron chi connectivity index (χ3n) is 3.05. The van der Waals surface area contributed by atoms with E-state index in [4.69, 9.17) is 0 Å². The summed E-state index contributed by atoms with van der Waals surface area (Å²) >= 11 is 1.38. The summed E-state index contributed by atoms with van der Waals surface area (Å²) < 4.78 is 15.1. The lowest BCUT2D eigenvalue weighted by Crippen LogP contribution is -2.38. The lowest BCUT2D eigenvalue weighted by molar-refractivity contribution is 0.238. The predicted octanol–water partition coefficient (Wildman–Crippen LogP) is 2.71. The number of halogens is 1. The van der Waals surface area contributed by atoms with E-state index in [1.807, 2.05) is 20.2 Å². The Balaban J connectivity index is 1.69. The van der Waals surface area contributed by atoms with E-state index in [0.29, 0.717) is 17.2 Å². The minimum Gasteiger partial charge on any atom is -0.337 e. The van der Waals surface area contributed by atoms with Crippen molar-refractivity contribution in [2.24, 2.45) is 7.05 Å². The Morgan fingerprint density at radius 2 is 2.23 bits per heavy atom. The molecular weight excluding hydrogens is 303 g/mol. The maximum absolute atomic E-state index is 13.4. The normalized spacial score (nSPS) is 12.0. The van der Waals surface area contributed by atoms with Gasteiger partial charge in [0.1, 0.15) is 5.82 Å². The summed E-state index contributed by atoms with van der Waals surface area (Å²) in [5.74, 6) is 0.373. The standard InChI is InChI=1S/C15H19FN4OS/c1-11(12-9-18-20(2)10-12)19-15(21)17-7-8-22-14-6-4-3-5-13(14)16/h3-6,9-11H,7-8H2,1-2H3,(H2,17,19,21). The molecule has 0 aliphatic rings. The van der Waals surface area contributed by atoms with Crippen molar-refractivity contribution in [3.05, 3.63) is 48.0 Å². The number of urea groups is 1. The number of aryl methyl sites for hydroxylation is 1. The summed E-state index contributed by atoms with van der Waals surface area (Å²) in [5.41, 5.74) is 0.943.